The van der Waals surface area contributed by atoms with Crippen molar-refractivity contribution < 1.29 is 19.3 Å². The van der Waals surface area contributed by atoms with Gasteiger partial charge in [-0.2, -0.15) is 8.97 Å². The maximum atomic E-state index is 14.4. The van der Waals surface area contributed by atoms with Gasteiger partial charge in [-0.3, -0.25) is 0 Å². The van der Waals surface area contributed by atoms with Gasteiger partial charge in [-0.1, -0.05) is 35.9 Å². The normalized spacial score (nSPS) is 11.4. The number of oxime groups is 1. The number of fused-ring (bicyclic) bond motifs is 1. The van der Waals surface area contributed by atoms with Crippen LogP contribution in [0.2, 0.25) is 5.02 Å². The van der Waals surface area contributed by atoms with Gasteiger partial charge < -0.3 is 10.3 Å². The third-order valence-corrected chi connectivity index (χ3v) is 5.22. The van der Waals surface area contributed by atoms with Crippen LogP contribution in [0.1, 0.15) is 6.42 Å². The van der Waals surface area contributed by atoms with E-state index in [1.54, 1.807) is 65.4 Å². The molecule has 0 bridgehead atoms. The van der Waals surface area contributed by atoms with Gasteiger partial charge in [0.1, 0.15) is 5.82 Å². The topological polar surface area (TPSA) is 78.2 Å². The van der Waals surface area contributed by atoms with Crippen LogP contribution in [0, 0.1) is 5.82 Å². The fourth-order valence-corrected chi connectivity index (χ4v) is 3.73. The predicted octanol–water partition coefficient (Wildman–Crippen LogP) is 4.27. The Morgan fingerprint density at radius 2 is 1.90 bits per heavy atom. The van der Waals surface area contributed by atoms with E-state index in [1.165, 1.54) is 16.7 Å². The van der Waals surface area contributed by atoms with Crippen molar-refractivity contribution in [1.82, 2.24) is 4.40 Å². The Labute approximate surface area is 181 Å². The number of pyridine rings is 1. The minimum atomic E-state index is -0.484. The second kappa shape index (κ2) is 8.57. The van der Waals surface area contributed by atoms with Gasteiger partial charge >= 0.3 is 5.56 Å². The lowest BCUT2D eigenvalue weighted by Crippen LogP contribution is -2.41. The Kier molecular flexibility index (Phi) is 5.68. The maximum absolute atomic E-state index is 14.4. The first kappa shape index (κ1) is 20.6. The second-order valence-corrected chi connectivity index (χ2v) is 7.31. The molecular formula is C23H18ClFN3O3+. The molecule has 0 saturated heterocycles. The molecule has 0 aliphatic carbocycles. The summed E-state index contributed by atoms with van der Waals surface area (Å²) >= 11 is 5.85. The number of aromatic hydroxyl groups is 1. The highest BCUT2D eigenvalue weighted by Gasteiger charge is 2.25. The molecule has 156 valence electrons. The van der Waals surface area contributed by atoms with Gasteiger partial charge in [0, 0.05) is 29.3 Å². The van der Waals surface area contributed by atoms with Crippen LogP contribution in [0.15, 0.2) is 76.8 Å². The second-order valence-electron chi connectivity index (χ2n) is 6.88. The summed E-state index contributed by atoms with van der Waals surface area (Å²) in [6, 6.07) is 16.3. The van der Waals surface area contributed by atoms with Gasteiger partial charge in [0.25, 0.3) is 11.5 Å². The van der Waals surface area contributed by atoms with Gasteiger partial charge in [0.15, 0.2) is 5.56 Å². The molecule has 0 unspecified atom stereocenters. The standard InChI is InChI=1S/C23H17ClFN3O3/c24-17-8-9-18(19(25)14-17)15-5-3-6-16(13-15)21-22(29)27-11-2-1-7-20(27)28(23(21)30)12-4-10-26-31/h1-3,5-11,13-14H,4,12H2,(H-,29,30,31)/p+1/b26-10+. The summed E-state index contributed by atoms with van der Waals surface area (Å²) in [6.07, 6.45) is 3.26. The van der Waals surface area contributed by atoms with Gasteiger partial charge in [0.05, 0.1) is 12.7 Å². The fourth-order valence-electron chi connectivity index (χ4n) is 3.57. The predicted molar refractivity (Wildman–Crippen MR) is 116 cm³/mol. The van der Waals surface area contributed by atoms with Crippen LogP contribution in [0.25, 0.3) is 27.9 Å². The highest BCUT2D eigenvalue weighted by molar-refractivity contribution is 6.30. The van der Waals surface area contributed by atoms with Crippen molar-refractivity contribution in [2.75, 3.05) is 0 Å². The lowest BCUT2D eigenvalue weighted by atomic mass is 9.99. The molecule has 4 rings (SSSR count). The largest absolute Gasteiger partial charge is 0.477 e. The molecule has 0 fully saturated rings. The Bertz CT molecular complexity index is 1370. The fraction of sp³-hybridized carbons (Fsp3) is 0.0870. The first-order valence-corrected chi connectivity index (χ1v) is 9.87. The number of aromatic nitrogens is 2. The molecule has 0 aliphatic rings. The lowest BCUT2D eigenvalue weighted by molar-refractivity contribution is -0.678. The summed E-state index contributed by atoms with van der Waals surface area (Å²) in [5.41, 5.74) is 1.48. The third-order valence-electron chi connectivity index (χ3n) is 4.98. The summed E-state index contributed by atoms with van der Waals surface area (Å²) < 4.78 is 17.4. The van der Waals surface area contributed by atoms with E-state index in [4.69, 9.17) is 16.8 Å². The van der Waals surface area contributed by atoms with Crippen LogP contribution in [-0.2, 0) is 6.54 Å². The van der Waals surface area contributed by atoms with E-state index >= 15 is 0 Å². The molecular weight excluding hydrogens is 421 g/mol. The first-order valence-electron chi connectivity index (χ1n) is 9.49. The van der Waals surface area contributed by atoms with Crippen molar-refractivity contribution in [3.8, 4) is 28.1 Å². The zero-order valence-corrected chi connectivity index (χ0v) is 17.0. The summed E-state index contributed by atoms with van der Waals surface area (Å²) in [6.45, 7) is 0.280. The smallest absolute Gasteiger partial charge is 0.354 e. The maximum Gasteiger partial charge on any atom is 0.354 e. The van der Waals surface area contributed by atoms with Crippen LogP contribution in [0.4, 0.5) is 4.39 Å². The summed E-state index contributed by atoms with van der Waals surface area (Å²) in [7, 11) is 0. The minimum absolute atomic E-state index is 0.0841. The SMILES string of the molecule is O=c1c(-c2cccc(-c3ccc(Cl)cc3F)c2)c(O)[n+](CC/C=N/O)c2ccccn12. The Morgan fingerprint density at radius 3 is 2.68 bits per heavy atom. The van der Waals surface area contributed by atoms with Crippen LogP contribution in [-0.4, -0.2) is 20.9 Å². The van der Waals surface area contributed by atoms with Crippen LogP contribution in [0.3, 0.4) is 0 Å². The van der Waals surface area contributed by atoms with Crippen molar-refractivity contribution in [3.05, 3.63) is 88.1 Å². The van der Waals surface area contributed by atoms with Gasteiger partial charge in [-0.05, 0) is 41.5 Å². The van der Waals surface area contributed by atoms with Crippen molar-refractivity contribution in [3.63, 3.8) is 0 Å². The average Bonchev–Trinajstić information content (AvgIpc) is 2.76. The number of hydrogen-bond acceptors (Lipinski definition) is 4. The number of hydrogen-bond donors (Lipinski definition) is 2. The summed E-state index contributed by atoms with van der Waals surface area (Å²) in [5.74, 6) is -0.710. The van der Waals surface area contributed by atoms with E-state index in [1.807, 2.05) is 0 Å². The number of aryl methyl sites for hydroxylation is 1. The summed E-state index contributed by atoms with van der Waals surface area (Å²) in [5, 5.41) is 23.0. The van der Waals surface area contributed by atoms with Crippen molar-refractivity contribution in [1.29, 1.82) is 0 Å². The van der Waals surface area contributed by atoms with E-state index < -0.39 is 11.4 Å². The van der Waals surface area contributed by atoms with Crippen LogP contribution >= 0.6 is 11.6 Å². The molecule has 0 aliphatic heterocycles. The van der Waals surface area contributed by atoms with Gasteiger partial charge in [-0.15, -0.1) is 5.16 Å². The van der Waals surface area contributed by atoms with Gasteiger partial charge in [-0.25, -0.2) is 9.18 Å². The lowest BCUT2D eigenvalue weighted by Gasteiger charge is -2.11. The first-order chi connectivity index (χ1) is 15.0. The molecule has 0 radical (unpaired) electrons. The van der Waals surface area contributed by atoms with Crippen LogP contribution < -0.4 is 10.1 Å². The molecule has 8 heteroatoms. The van der Waals surface area contributed by atoms with Crippen molar-refractivity contribution in [2.45, 2.75) is 13.0 Å². The third kappa shape index (κ3) is 3.87. The molecule has 0 spiro atoms. The minimum Gasteiger partial charge on any atom is -0.477 e. The molecule has 4 aromatic rings. The highest BCUT2D eigenvalue weighted by Crippen LogP contribution is 2.30. The van der Waals surface area contributed by atoms with E-state index in [9.17, 15) is 14.3 Å². The highest BCUT2D eigenvalue weighted by atomic mass is 35.5. The quantitative estimate of drug-likeness (QED) is 0.211. The number of halogens is 2. The van der Waals surface area contributed by atoms with E-state index in [0.717, 1.165) is 0 Å². The average molecular weight is 439 g/mol. The monoisotopic (exact) mass is 438 g/mol. The zero-order valence-electron chi connectivity index (χ0n) is 16.2. The molecule has 2 aromatic heterocycles. The summed E-state index contributed by atoms with van der Waals surface area (Å²) in [4.78, 5) is 13.2. The number of rotatable bonds is 5. The molecule has 2 N–H and O–H groups in total. The number of benzene rings is 2. The Morgan fingerprint density at radius 1 is 1.10 bits per heavy atom. The molecule has 31 heavy (non-hydrogen) atoms. The van der Waals surface area contributed by atoms with E-state index in [2.05, 4.69) is 5.16 Å². The Balaban J connectivity index is 1.93. The molecule has 0 amide bonds. The van der Waals surface area contributed by atoms with Crippen LogP contribution in [0.5, 0.6) is 5.88 Å². The molecule has 2 aromatic carbocycles. The molecule has 2 heterocycles. The van der Waals surface area contributed by atoms with Gasteiger partial charge in [0.2, 0.25) is 0 Å². The van der Waals surface area contributed by atoms with Crippen molar-refractivity contribution >= 4 is 23.5 Å². The van der Waals surface area contributed by atoms with Crippen molar-refractivity contribution in [2.24, 2.45) is 5.16 Å². The van der Waals surface area contributed by atoms with E-state index in [0.29, 0.717) is 28.8 Å². The molecule has 6 nitrogen and oxygen atoms in total. The number of nitrogens with zero attached hydrogens (tertiary/aromatic N) is 3. The molecule has 0 saturated carbocycles. The Hall–Kier alpha value is -3.71. The zero-order chi connectivity index (χ0) is 22.0. The van der Waals surface area contributed by atoms with E-state index in [-0.39, 0.29) is 23.0 Å². The molecule has 0 atom stereocenters.